The van der Waals surface area contributed by atoms with Crippen molar-refractivity contribution in [3.05, 3.63) is 87.1 Å². The van der Waals surface area contributed by atoms with Crippen LogP contribution in [0.5, 0.6) is 0 Å². The number of H-pyrrole nitrogens is 1. The second-order valence-electron chi connectivity index (χ2n) is 7.79. The van der Waals surface area contributed by atoms with E-state index in [0.29, 0.717) is 19.0 Å². The molecule has 0 aliphatic carbocycles. The molecule has 1 aliphatic heterocycles. The van der Waals surface area contributed by atoms with Crippen LogP contribution in [0, 0.1) is 6.92 Å². The molecule has 1 fully saturated rings. The molecular formula is C23H26N4O2. The van der Waals surface area contributed by atoms with E-state index in [9.17, 15) is 9.59 Å². The van der Waals surface area contributed by atoms with E-state index in [2.05, 4.69) is 34.5 Å². The Bertz CT molecular complexity index is 1060. The van der Waals surface area contributed by atoms with Crippen molar-refractivity contribution in [2.24, 2.45) is 7.05 Å². The summed E-state index contributed by atoms with van der Waals surface area (Å²) >= 11 is 0. The van der Waals surface area contributed by atoms with E-state index >= 15 is 0 Å². The van der Waals surface area contributed by atoms with Gasteiger partial charge in [-0.1, -0.05) is 30.3 Å². The summed E-state index contributed by atoms with van der Waals surface area (Å²) < 4.78 is 1.53. The van der Waals surface area contributed by atoms with E-state index in [1.807, 2.05) is 25.3 Å². The van der Waals surface area contributed by atoms with Crippen molar-refractivity contribution in [1.29, 1.82) is 0 Å². The first-order chi connectivity index (χ1) is 14.0. The zero-order valence-corrected chi connectivity index (χ0v) is 16.9. The topological polar surface area (TPSA) is 71.0 Å². The number of amides is 1. The standard InChI is InChI=1S/C23H26N4O2/c1-16-8-9-20(22(28)26(16)2)23(29)27-12-10-18(11-13-27)21-19(15-24-25-21)14-17-6-4-3-5-7-17/h3-9,15,18H,10-14H2,1-2H3,(H,24,25). The number of hydrogen-bond acceptors (Lipinski definition) is 3. The molecule has 150 valence electrons. The predicted molar refractivity (Wildman–Crippen MR) is 112 cm³/mol. The Balaban J connectivity index is 1.44. The summed E-state index contributed by atoms with van der Waals surface area (Å²) in [5.74, 6) is 0.180. The first kappa shape index (κ1) is 19.2. The van der Waals surface area contributed by atoms with Crippen molar-refractivity contribution in [2.45, 2.75) is 32.1 Å². The Hall–Kier alpha value is -3.15. The maximum atomic E-state index is 12.9. The third-order valence-electron chi connectivity index (χ3n) is 5.96. The molecule has 0 saturated carbocycles. The molecule has 0 unspecified atom stereocenters. The molecule has 3 heterocycles. The first-order valence-corrected chi connectivity index (χ1v) is 10.1. The van der Waals surface area contributed by atoms with E-state index in [0.717, 1.165) is 25.0 Å². The summed E-state index contributed by atoms with van der Waals surface area (Å²) in [5.41, 5.74) is 4.52. The Morgan fingerprint density at radius 1 is 1.14 bits per heavy atom. The fourth-order valence-corrected chi connectivity index (χ4v) is 4.06. The Kier molecular flexibility index (Phi) is 5.34. The highest BCUT2D eigenvalue weighted by Crippen LogP contribution is 2.30. The maximum Gasteiger partial charge on any atom is 0.263 e. The summed E-state index contributed by atoms with van der Waals surface area (Å²) in [7, 11) is 1.70. The molecule has 1 aromatic carbocycles. The molecular weight excluding hydrogens is 364 g/mol. The van der Waals surface area contributed by atoms with Crippen molar-refractivity contribution in [3.63, 3.8) is 0 Å². The number of nitrogens with zero attached hydrogens (tertiary/aromatic N) is 3. The lowest BCUT2D eigenvalue weighted by molar-refractivity contribution is 0.0709. The van der Waals surface area contributed by atoms with Gasteiger partial charge in [0.2, 0.25) is 0 Å². The number of carbonyl (C=O) groups is 1. The predicted octanol–water partition coefficient (Wildman–Crippen LogP) is 3.03. The molecule has 3 aromatic rings. The van der Waals surface area contributed by atoms with Crippen molar-refractivity contribution in [2.75, 3.05) is 13.1 Å². The van der Waals surface area contributed by atoms with Gasteiger partial charge < -0.3 is 9.47 Å². The average molecular weight is 390 g/mol. The van der Waals surface area contributed by atoms with Gasteiger partial charge in [-0.3, -0.25) is 14.7 Å². The monoisotopic (exact) mass is 390 g/mol. The van der Waals surface area contributed by atoms with Crippen LogP contribution in [-0.2, 0) is 13.5 Å². The van der Waals surface area contributed by atoms with E-state index in [1.165, 1.54) is 21.4 Å². The lowest BCUT2D eigenvalue weighted by atomic mass is 9.89. The first-order valence-electron chi connectivity index (χ1n) is 10.1. The number of aromatic nitrogens is 3. The number of hydrogen-bond donors (Lipinski definition) is 1. The number of aromatic amines is 1. The zero-order valence-electron chi connectivity index (χ0n) is 16.9. The summed E-state index contributed by atoms with van der Waals surface area (Å²) in [6.07, 6.45) is 4.49. The third kappa shape index (κ3) is 3.88. The molecule has 0 radical (unpaired) electrons. The van der Waals surface area contributed by atoms with Gasteiger partial charge in [0.05, 0.1) is 6.20 Å². The van der Waals surface area contributed by atoms with Crippen molar-refractivity contribution in [3.8, 4) is 0 Å². The smallest absolute Gasteiger partial charge is 0.263 e. The van der Waals surface area contributed by atoms with Gasteiger partial charge in [0.15, 0.2) is 0 Å². The summed E-state index contributed by atoms with van der Waals surface area (Å²) in [6, 6.07) is 13.8. The zero-order chi connectivity index (χ0) is 20.4. The lowest BCUT2D eigenvalue weighted by Gasteiger charge is -2.32. The highest BCUT2D eigenvalue weighted by molar-refractivity contribution is 5.94. The van der Waals surface area contributed by atoms with E-state index in [4.69, 9.17) is 0 Å². The molecule has 0 bridgehead atoms. The molecule has 4 rings (SSSR count). The fraction of sp³-hybridized carbons (Fsp3) is 0.348. The van der Waals surface area contributed by atoms with Gasteiger partial charge >= 0.3 is 0 Å². The molecule has 1 saturated heterocycles. The van der Waals surface area contributed by atoms with E-state index in [-0.39, 0.29) is 17.0 Å². The van der Waals surface area contributed by atoms with E-state index < -0.39 is 0 Å². The second-order valence-corrected chi connectivity index (χ2v) is 7.79. The molecule has 6 heteroatoms. The minimum atomic E-state index is -0.226. The molecule has 29 heavy (non-hydrogen) atoms. The number of nitrogens with one attached hydrogen (secondary N) is 1. The van der Waals surface area contributed by atoms with Gasteiger partial charge in [-0.2, -0.15) is 5.10 Å². The molecule has 2 aromatic heterocycles. The van der Waals surface area contributed by atoms with Crippen LogP contribution in [-0.4, -0.2) is 38.7 Å². The summed E-state index contributed by atoms with van der Waals surface area (Å²) in [5, 5.41) is 7.46. The second kappa shape index (κ2) is 8.07. The molecule has 1 aliphatic rings. The normalized spacial score (nSPS) is 14.9. The number of carbonyl (C=O) groups excluding carboxylic acids is 1. The number of aryl methyl sites for hydroxylation is 1. The maximum absolute atomic E-state index is 12.9. The fourth-order valence-electron chi connectivity index (χ4n) is 4.06. The molecule has 1 amide bonds. The van der Waals surface area contributed by atoms with Gasteiger partial charge in [-0.05, 0) is 43.0 Å². The van der Waals surface area contributed by atoms with Gasteiger partial charge in [0, 0.05) is 43.9 Å². The molecule has 1 N–H and O–H groups in total. The average Bonchev–Trinajstić information content (AvgIpc) is 3.20. The van der Waals surface area contributed by atoms with Crippen molar-refractivity contribution < 1.29 is 4.79 Å². The van der Waals surface area contributed by atoms with Crippen LogP contribution >= 0.6 is 0 Å². The van der Waals surface area contributed by atoms with Crippen molar-refractivity contribution >= 4 is 5.91 Å². The summed E-state index contributed by atoms with van der Waals surface area (Å²) in [4.78, 5) is 27.1. The number of rotatable bonds is 4. The largest absolute Gasteiger partial charge is 0.338 e. The quantitative estimate of drug-likeness (QED) is 0.744. The Labute approximate surface area is 170 Å². The van der Waals surface area contributed by atoms with Crippen LogP contribution in [0.1, 0.15) is 51.6 Å². The van der Waals surface area contributed by atoms with Crippen LogP contribution < -0.4 is 5.56 Å². The molecule has 0 spiro atoms. The lowest BCUT2D eigenvalue weighted by Crippen LogP contribution is -2.41. The highest BCUT2D eigenvalue weighted by Gasteiger charge is 2.28. The van der Waals surface area contributed by atoms with Crippen LogP contribution in [0.3, 0.4) is 0 Å². The SMILES string of the molecule is Cc1ccc(C(=O)N2CCC(c3[nH]ncc3Cc3ccccc3)CC2)c(=O)n1C. The van der Waals surface area contributed by atoms with Crippen LogP contribution in [0.15, 0.2) is 53.5 Å². The third-order valence-corrected chi connectivity index (χ3v) is 5.96. The van der Waals surface area contributed by atoms with Crippen LogP contribution in [0.25, 0.3) is 0 Å². The Morgan fingerprint density at radius 2 is 1.86 bits per heavy atom. The number of piperidine rings is 1. The van der Waals surface area contributed by atoms with Gasteiger partial charge in [-0.25, -0.2) is 0 Å². The van der Waals surface area contributed by atoms with Crippen LogP contribution in [0.2, 0.25) is 0 Å². The molecule has 6 nitrogen and oxygen atoms in total. The van der Waals surface area contributed by atoms with Gasteiger partial charge in [0.1, 0.15) is 5.56 Å². The summed E-state index contributed by atoms with van der Waals surface area (Å²) in [6.45, 7) is 3.15. The van der Waals surface area contributed by atoms with Crippen LogP contribution in [0.4, 0.5) is 0 Å². The number of pyridine rings is 1. The number of likely N-dealkylation sites (tertiary alicyclic amines) is 1. The Morgan fingerprint density at radius 3 is 2.59 bits per heavy atom. The minimum absolute atomic E-state index is 0.168. The molecule has 0 atom stereocenters. The number of benzene rings is 1. The minimum Gasteiger partial charge on any atom is -0.338 e. The van der Waals surface area contributed by atoms with Gasteiger partial charge in [0.25, 0.3) is 11.5 Å². The van der Waals surface area contributed by atoms with Crippen molar-refractivity contribution in [1.82, 2.24) is 19.7 Å². The highest BCUT2D eigenvalue weighted by atomic mass is 16.2. The van der Waals surface area contributed by atoms with E-state index in [1.54, 1.807) is 18.0 Å². The van der Waals surface area contributed by atoms with Gasteiger partial charge in [-0.15, -0.1) is 0 Å².